The van der Waals surface area contributed by atoms with Gasteiger partial charge >= 0.3 is 5.69 Å². The van der Waals surface area contributed by atoms with Crippen molar-refractivity contribution in [3.63, 3.8) is 0 Å². The zero-order chi connectivity index (χ0) is 14.0. The van der Waals surface area contributed by atoms with Crippen LogP contribution in [-0.2, 0) is 0 Å². The van der Waals surface area contributed by atoms with Gasteiger partial charge in [-0.3, -0.25) is 10.1 Å². The Balaban J connectivity index is 2.36. The fraction of sp³-hybridized carbons (Fsp3) is 0.167. The summed E-state index contributed by atoms with van der Waals surface area (Å²) in [5, 5.41) is 20.6. The summed E-state index contributed by atoms with van der Waals surface area (Å²) in [6.07, 6.45) is -0.761. The molecule has 0 unspecified atom stereocenters. The number of aliphatic hydroxyl groups is 1. The molecule has 100 valence electrons. The molecule has 0 saturated carbocycles. The van der Waals surface area contributed by atoms with E-state index in [-0.39, 0.29) is 10.8 Å². The van der Waals surface area contributed by atoms with Crippen LogP contribution in [0.5, 0.6) is 10.8 Å². The summed E-state index contributed by atoms with van der Waals surface area (Å²) in [6.45, 7) is 1.55. The molecule has 0 fully saturated rings. The highest BCUT2D eigenvalue weighted by atomic mass is 79.9. The zero-order valence-corrected chi connectivity index (χ0v) is 12.3. The number of nitrogens with zero attached hydrogens (tertiary/aromatic N) is 1. The van der Waals surface area contributed by atoms with Crippen molar-refractivity contribution in [3.05, 3.63) is 49.8 Å². The molecule has 0 bridgehead atoms. The lowest BCUT2D eigenvalue weighted by molar-refractivity contribution is -0.385. The van der Waals surface area contributed by atoms with E-state index in [1.165, 1.54) is 6.07 Å². The average molecular weight is 344 g/mol. The first kappa shape index (κ1) is 14.0. The number of hydrogen-bond acceptors (Lipinski definition) is 5. The number of rotatable bonds is 4. The number of halogens is 1. The normalized spacial score (nSPS) is 12.2. The van der Waals surface area contributed by atoms with E-state index in [9.17, 15) is 15.2 Å². The second-order valence-electron chi connectivity index (χ2n) is 3.81. The molecular formula is C12H10BrNO4S. The maximum Gasteiger partial charge on any atom is 0.323 e. The molecule has 0 spiro atoms. The van der Waals surface area contributed by atoms with Gasteiger partial charge < -0.3 is 9.84 Å². The van der Waals surface area contributed by atoms with Crippen LogP contribution in [0.2, 0.25) is 0 Å². The second kappa shape index (κ2) is 5.68. The van der Waals surface area contributed by atoms with E-state index in [0.717, 1.165) is 15.8 Å². The lowest BCUT2D eigenvalue weighted by Gasteiger charge is -2.02. The first-order valence-corrected chi connectivity index (χ1v) is 6.98. The smallest absolute Gasteiger partial charge is 0.323 e. The molecular weight excluding hydrogens is 334 g/mol. The van der Waals surface area contributed by atoms with Crippen molar-refractivity contribution in [3.8, 4) is 10.8 Å². The molecule has 1 atom stereocenters. The number of hydrogen-bond donors (Lipinski definition) is 1. The van der Waals surface area contributed by atoms with Crippen molar-refractivity contribution in [2.75, 3.05) is 0 Å². The first-order chi connectivity index (χ1) is 8.97. The molecule has 1 aromatic heterocycles. The van der Waals surface area contributed by atoms with Gasteiger partial charge in [-0.15, -0.1) is 0 Å². The van der Waals surface area contributed by atoms with Crippen molar-refractivity contribution in [1.29, 1.82) is 0 Å². The van der Waals surface area contributed by atoms with Gasteiger partial charge in [0, 0.05) is 15.4 Å². The second-order valence-corrected chi connectivity index (χ2v) is 5.78. The topological polar surface area (TPSA) is 72.6 Å². The standard InChI is InChI=1S/C12H10BrNO4S/c1-7(15)11-6-10(14(16)17)12(19-11)18-9-4-2-3-8(13)5-9/h2-7,15H,1H3/t7-/m0/s1. The van der Waals surface area contributed by atoms with E-state index in [1.807, 2.05) is 6.07 Å². The third kappa shape index (κ3) is 3.31. The van der Waals surface area contributed by atoms with Crippen LogP contribution in [0.4, 0.5) is 5.69 Å². The van der Waals surface area contributed by atoms with Crippen molar-refractivity contribution in [1.82, 2.24) is 0 Å². The third-order valence-corrected chi connectivity index (χ3v) is 3.98. The van der Waals surface area contributed by atoms with Crippen molar-refractivity contribution < 1.29 is 14.8 Å². The molecule has 1 heterocycles. The zero-order valence-electron chi connectivity index (χ0n) is 9.87. The van der Waals surface area contributed by atoms with E-state index in [2.05, 4.69) is 15.9 Å². The van der Waals surface area contributed by atoms with Gasteiger partial charge in [0.05, 0.1) is 11.0 Å². The fourth-order valence-corrected chi connectivity index (χ4v) is 2.74. The van der Waals surface area contributed by atoms with Gasteiger partial charge in [-0.1, -0.05) is 33.3 Å². The maximum absolute atomic E-state index is 11.0. The molecule has 5 nitrogen and oxygen atoms in total. The summed E-state index contributed by atoms with van der Waals surface area (Å²) in [6, 6.07) is 8.36. The van der Waals surface area contributed by atoms with Crippen molar-refractivity contribution >= 4 is 33.0 Å². The highest BCUT2D eigenvalue weighted by molar-refractivity contribution is 9.10. The fourth-order valence-electron chi connectivity index (χ4n) is 1.43. The van der Waals surface area contributed by atoms with E-state index < -0.39 is 11.0 Å². The Hall–Kier alpha value is -1.44. The van der Waals surface area contributed by atoms with E-state index >= 15 is 0 Å². The minimum atomic E-state index is -0.761. The molecule has 0 radical (unpaired) electrons. The van der Waals surface area contributed by atoms with Crippen LogP contribution in [0.3, 0.4) is 0 Å². The van der Waals surface area contributed by atoms with Crippen LogP contribution in [0, 0.1) is 10.1 Å². The summed E-state index contributed by atoms with van der Waals surface area (Å²) in [5.74, 6) is 0.497. The largest absolute Gasteiger partial charge is 0.440 e. The lowest BCUT2D eigenvalue weighted by Crippen LogP contribution is -1.89. The van der Waals surface area contributed by atoms with Gasteiger partial charge in [0.25, 0.3) is 5.06 Å². The summed E-state index contributed by atoms with van der Waals surface area (Å²) in [7, 11) is 0. The van der Waals surface area contributed by atoms with Crippen LogP contribution in [0.25, 0.3) is 0 Å². The van der Waals surface area contributed by atoms with Crippen LogP contribution in [0.15, 0.2) is 34.8 Å². The van der Waals surface area contributed by atoms with Crippen molar-refractivity contribution in [2.45, 2.75) is 13.0 Å². The molecule has 1 N–H and O–H groups in total. The number of ether oxygens (including phenoxy) is 1. The van der Waals surface area contributed by atoms with Gasteiger partial charge in [0.2, 0.25) is 0 Å². The van der Waals surface area contributed by atoms with Gasteiger partial charge in [-0.25, -0.2) is 0 Å². The van der Waals surface area contributed by atoms with Crippen LogP contribution < -0.4 is 4.74 Å². The molecule has 0 aliphatic heterocycles. The molecule has 7 heteroatoms. The Morgan fingerprint density at radius 2 is 2.21 bits per heavy atom. The van der Waals surface area contributed by atoms with Gasteiger partial charge in [-0.2, -0.15) is 0 Å². The summed E-state index contributed by atoms with van der Waals surface area (Å²) in [5.41, 5.74) is -0.138. The van der Waals surface area contributed by atoms with Crippen molar-refractivity contribution in [2.24, 2.45) is 0 Å². The summed E-state index contributed by atoms with van der Waals surface area (Å²) >= 11 is 4.37. The predicted octanol–water partition coefficient (Wildman–Crippen LogP) is 4.26. The Morgan fingerprint density at radius 3 is 2.79 bits per heavy atom. The van der Waals surface area contributed by atoms with Crippen LogP contribution in [-0.4, -0.2) is 10.0 Å². The monoisotopic (exact) mass is 343 g/mol. The average Bonchev–Trinajstić information content (AvgIpc) is 2.73. The molecule has 0 saturated heterocycles. The molecule has 2 rings (SSSR count). The minimum absolute atomic E-state index is 0.138. The Labute approximate surface area is 121 Å². The molecule has 19 heavy (non-hydrogen) atoms. The van der Waals surface area contributed by atoms with Gasteiger partial charge in [0.1, 0.15) is 5.75 Å². The Morgan fingerprint density at radius 1 is 1.47 bits per heavy atom. The first-order valence-electron chi connectivity index (χ1n) is 5.37. The molecule has 1 aromatic carbocycles. The van der Waals surface area contributed by atoms with Gasteiger partial charge in [0.15, 0.2) is 0 Å². The highest BCUT2D eigenvalue weighted by Crippen LogP contribution is 2.42. The quantitative estimate of drug-likeness (QED) is 0.664. The number of benzene rings is 1. The molecule has 0 aliphatic rings. The Kier molecular flexibility index (Phi) is 4.18. The Bertz CT molecular complexity index is 612. The highest BCUT2D eigenvalue weighted by Gasteiger charge is 2.23. The molecule has 0 aliphatic carbocycles. The lowest BCUT2D eigenvalue weighted by atomic mass is 10.3. The van der Waals surface area contributed by atoms with Crippen LogP contribution in [0.1, 0.15) is 17.9 Å². The number of thiophene rings is 1. The van der Waals surface area contributed by atoms with Gasteiger partial charge in [-0.05, 0) is 25.1 Å². The predicted molar refractivity (Wildman–Crippen MR) is 75.8 cm³/mol. The van der Waals surface area contributed by atoms with Crippen LogP contribution >= 0.6 is 27.3 Å². The summed E-state index contributed by atoms with van der Waals surface area (Å²) < 4.78 is 6.34. The summed E-state index contributed by atoms with van der Waals surface area (Å²) in [4.78, 5) is 10.9. The SMILES string of the molecule is C[C@H](O)c1cc([N+](=O)[O-])c(Oc2cccc(Br)c2)s1. The molecule has 2 aromatic rings. The minimum Gasteiger partial charge on any atom is -0.440 e. The third-order valence-electron chi connectivity index (χ3n) is 2.31. The van der Waals surface area contributed by atoms with E-state index in [1.54, 1.807) is 25.1 Å². The maximum atomic E-state index is 11.0. The van der Waals surface area contributed by atoms with E-state index in [0.29, 0.717) is 10.6 Å². The van der Waals surface area contributed by atoms with E-state index in [4.69, 9.17) is 4.74 Å². The number of nitro groups is 1. The number of aliphatic hydroxyl groups excluding tert-OH is 1. The molecule has 0 amide bonds.